The molecule has 1 aliphatic heterocycles. The Balaban J connectivity index is 1.71. The van der Waals surface area contributed by atoms with Gasteiger partial charge in [0.1, 0.15) is 0 Å². The Morgan fingerprint density at radius 1 is 1.28 bits per heavy atom. The summed E-state index contributed by atoms with van der Waals surface area (Å²) in [5.74, 6) is 2.80. The second-order valence-electron chi connectivity index (χ2n) is 6.29. The lowest BCUT2D eigenvalue weighted by Gasteiger charge is -2.38. The van der Waals surface area contributed by atoms with Crippen molar-refractivity contribution >= 4 is 11.8 Å². The molecule has 1 aromatic rings. The number of thioether (sulfide) groups is 1. The molecule has 0 aromatic heterocycles. The molecule has 1 nitrogen and oxygen atoms in total. The van der Waals surface area contributed by atoms with Crippen molar-refractivity contribution < 1.29 is 0 Å². The van der Waals surface area contributed by atoms with Gasteiger partial charge in [0.2, 0.25) is 0 Å². The molecule has 0 amide bonds. The fourth-order valence-corrected chi connectivity index (χ4v) is 4.68. The van der Waals surface area contributed by atoms with Crippen LogP contribution in [-0.2, 0) is 0 Å². The van der Waals surface area contributed by atoms with Crippen LogP contribution in [0.25, 0.3) is 0 Å². The van der Waals surface area contributed by atoms with E-state index in [-0.39, 0.29) is 5.54 Å². The fraction of sp³-hybridized carbons (Fsp3) is 0.625. The van der Waals surface area contributed by atoms with Crippen molar-refractivity contribution in [1.29, 1.82) is 0 Å². The zero-order chi connectivity index (χ0) is 12.6. The molecule has 0 saturated heterocycles. The molecule has 1 unspecified atom stereocenters. The molecule has 3 rings (SSSR count). The predicted molar refractivity (Wildman–Crippen MR) is 79.1 cm³/mol. The van der Waals surface area contributed by atoms with Gasteiger partial charge in [-0.3, -0.25) is 0 Å². The molecular formula is C16H23NS. The maximum absolute atomic E-state index is 6.65. The molecule has 0 spiro atoms. The third-order valence-electron chi connectivity index (χ3n) is 4.72. The molecule has 1 saturated carbocycles. The van der Waals surface area contributed by atoms with Gasteiger partial charge < -0.3 is 5.73 Å². The van der Waals surface area contributed by atoms with E-state index in [4.69, 9.17) is 5.73 Å². The van der Waals surface area contributed by atoms with Crippen LogP contribution in [0.3, 0.4) is 0 Å². The molecule has 0 radical (unpaired) electrons. The van der Waals surface area contributed by atoms with Gasteiger partial charge in [0, 0.05) is 16.2 Å². The SMILES string of the molecule is CC1CCC(N)(CC2CSc3ccccc32)CC1. The third-order valence-corrected chi connectivity index (χ3v) is 5.97. The highest BCUT2D eigenvalue weighted by atomic mass is 32.2. The molecule has 2 heteroatoms. The molecule has 1 aliphatic carbocycles. The van der Waals surface area contributed by atoms with Crippen LogP contribution >= 0.6 is 11.8 Å². The molecule has 1 aromatic carbocycles. The van der Waals surface area contributed by atoms with E-state index < -0.39 is 0 Å². The standard InChI is InChI=1S/C16H23NS/c1-12-6-8-16(17,9-7-12)10-13-11-18-15-5-3-2-4-14(13)15/h2-5,12-13H,6-11,17H2,1H3. The Morgan fingerprint density at radius 2 is 2.00 bits per heavy atom. The first-order valence-electron chi connectivity index (χ1n) is 7.17. The number of hydrogen-bond acceptors (Lipinski definition) is 2. The molecule has 0 bridgehead atoms. The molecule has 1 heterocycles. The number of fused-ring (bicyclic) bond motifs is 1. The average molecular weight is 261 g/mol. The van der Waals surface area contributed by atoms with Crippen LogP contribution in [0, 0.1) is 5.92 Å². The summed E-state index contributed by atoms with van der Waals surface area (Å²) in [7, 11) is 0. The van der Waals surface area contributed by atoms with Gasteiger partial charge in [0.25, 0.3) is 0 Å². The van der Waals surface area contributed by atoms with Crippen molar-refractivity contribution in [3.8, 4) is 0 Å². The van der Waals surface area contributed by atoms with Crippen LogP contribution in [0.2, 0.25) is 0 Å². The molecule has 2 N–H and O–H groups in total. The van der Waals surface area contributed by atoms with E-state index in [0.29, 0.717) is 5.92 Å². The van der Waals surface area contributed by atoms with Gasteiger partial charge >= 0.3 is 0 Å². The van der Waals surface area contributed by atoms with Crippen LogP contribution in [0.4, 0.5) is 0 Å². The monoisotopic (exact) mass is 261 g/mol. The van der Waals surface area contributed by atoms with E-state index in [9.17, 15) is 0 Å². The predicted octanol–water partition coefficient (Wildman–Crippen LogP) is 4.17. The van der Waals surface area contributed by atoms with Crippen LogP contribution in [0.15, 0.2) is 29.2 Å². The van der Waals surface area contributed by atoms with Crippen LogP contribution in [-0.4, -0.2) is 11.3 Å². The zero-order valence-corrected chi connectivity index (χ0v) is 12.0. The first-order valence-corrected chi connectivity index (χ1v) is 8.15. The summed E-state index contributed by atoms with van der Waals surface area (Å²) in [4.78, 5) is 1.48. The van der Waals surface area contributed by atoms with Crippen LogP contribution in [0.5, 0.6) is 0 Å². The number of nitrogens with two attached hydrogens (primary N) is 1. The summed E-state index contributed by atoms with van der Waals surface area (Å²) in [6, 6.07) is 8.87. The Bertz CT molecular complexity index is 421. The summed E-state index contributed by atoms with van der Waals surface area (Å²) >= 11 is 2.01. The number of rotatable bonds is 2. The first-order chi connectivity index (χ1) is 8.66. The number of benzene rings is 1. The molecule has 2 aliphatic rings. The Hall–Kier alpha value is -0.470. The Kier molecular flexibility index (Phi) is 3.42. The van der Waals surface area contributed by atoms with E-state index >= 15 is 0 Å². The van der Waals surface area contributed by atoms with Gasteiger partial charge in [-0.05, 0) is 55.6 Å². The maximum Gasteiger partial charge on any atom is 0.0160 e. The minimum absolute atomic E-state index is 0.106. The highest BCUT2D eigenvalue weighted by Gasteiger charge is 2.35. The molecule has 18 heavy (non-hydrogen) atoms. The van der Waals surface area contributed by atoms with Crippen molar-refractivity contribution in [3.63, 3.8) is 0 Å². The second kappa shape index (κ2) is 4.90. The van der Waals surface area contributed by atoms with E-state index in [0.717, 1.165) is 5.92 Å². The zero-order valence-electron chi connectivity index (χ0n) is 11.2. The normalized spacial score (nSPS) is 35.4. The molecule has 1 atom stereocenters. The van der Waals surface area contributed by atoms with E-state index in [1.54, 1.807) is 5.56 Å². The van der Waals surface area contributed by atoms with Crippen molar-refractivity contribution in [2.75, 3.05) is 5.75 Å². The van der Waals surface area contributed by atoms with Crippen molar-refractivity contribution in [2.24, 2.45) is 11.7 Å². The molecule has 1 fully saturated rings. The maximum atomic E-state index is 6.65. The smallest absolute Gasteiger partial charge is 0.0160 e. The van der Waals surface area contributed by atoms with Crippen LogP contribution < -0.4 is 5.73 Å². The van der Waals surface area contributed by atoms with Gasteiger partial charge in [-0.1, -0.05) is 25.1 Å². The van der Waals surface area contributed by atoms with Gasteiger partial charge in [0.15, 0.2) is 0 Å². The minimum atomic E-state index is 0.106. The molecular weight excluding hydrogens is 238 g/mol. The summed E-state index contributed by atoms with van der Waals surface area (Å²) in [5.41, 5.74) is 8.30. The van der Waals surface area contributed by atoms with Gasteiger partial charge in [0.05, 0.1) is 0 Å². The lowest BCUT2D eigenvalue weighted by molar-refractivity contribution is 0.223. The van der Waals surface area contributed by atoms with Gasteiger partial charge in [-0.25, -0.2) is 0 Å². The quantitative estimate of drug-likeness (QED) is 0.864. The fourth-order valence-electron chi connectivity index (χ4n) is 3.43. The van der Waals surface area contributed by atoms with E-state index in [2.05, 4.69) is 31.2 Å². The lowest BCUT2D eigenvalue weighted by atomic mass is 9.73. The van der Waals surface area contributed by atoms with E-state index in [1.165, 1.54) is 42.8 Å². The highest BCUT2D eigenvalue weighted by Crippen LogP contribution is 2.45. The second-order valence-corrected chi connectivity index (χ2v) is 7.36. The summed E-state index contributed by atoms with van der Waals surface area (Å²) < 4.78 is 0. The minimum Gasteiger partial charge on any atom is -0.325 e. The van der Waals surface area contributed by atoms with Crippen molar-refractivity contribution in [2.45, 2.75) is 55.4 Å². The van der Waals surface area contributed by atoms with Crippen molar-refractivity contribution in [1.82, 2.24) is 0 Å². The first kappa shape index (κ1) is 12.6. The van der Waals surface area contributed by atoms with Gasteiger partial charge in [-0.15, -0.1) is 11.8 Å². The molecule has 98 valence electrons. The van der Waals surface area contributed by atoms with Crippen LogP contribution in [0.1, 0.15) is 50.5 Å². The summed E-state index contributed by atoms with van der Waals surface area (Å²) in [6.07, 6.45) is 6.26. The van der Waals surface area contributed by atoms with E-state index in [1.807, 2.05) is 11.8 Å². The average Bonchev–Trinajstić information content (AvgIpc) is 2.77. The Morgan fingerprint density at radius 3 is 2.78 bits per heavy atom. The van der Waals surface area contributed by atoms with Gasteiger partial charge in [-0.2, -0.15) is 0 Å². The highest BCUT2D eigenvalue weighted by molar-refractivity contribution is 7.99. The lowest BCUT2D eigenvalue weighted by Crippen LogP contribution is -2.44. The number of hydrogen-bond donors (Lipinski definition) is 1. The third kappa shape index (κ3) is 2.46. The largest absolute Gasteiger partial charge is 0.325 e. The summed E-state index contributed by atoms with van der Waals surface area (Å²) in [6.45, 7) is 2.36. The topological polar surface area (TPSA) is 26.0 Å². The Labute approximate surface area is 115 Å². The summed E-state index contributed by atoms with van der Waals surface area (Å²) in [5, 5.41) is 0. The van der Waals surface area contributed by atoms with Crippen molar-refractivity contribution in [3.05, 3.63) is 29.8 Å².